The average Bonchev–Trinajstić information content (AvgIpc) is 2.97. The Hall–Kier alpha value is 0.284. The first-order chi connectivity index (χ1) is 7.06. The molecule has 1 aromatic carbocycles. The molecule has 0 aliphatic carbocycles. The van der Waals surface area contributed by atoms with Crippen molar-refractivity contribution in [2.75, 3.05) is 13.1 Å². The van der Waals surface area contributed by atoms with Gasteiger partial charge in [0.25, 0.3) is 0 Å². The third-order valence-corrected chi connectivity index (χ3v) is 4.77. The Bertz CT molecular complexity index is 407. The molecule has 0 saturated carbocycles. The second-order valence-electron chi connectivity index (χ2n) is 5.78. The summed E-state index contributed by atoms with van der Waals surface area (Å²) in [5.41, 5.74) is 3.29. The summed E-state index contributed by atoms with van der Waals surface area (Å²) in [7, 11) is 0. The van der Waals surface area contributed by atoms with E-state index in [4.69, 9.17) is 0 Å². The number of quaternary nitrogens is 1. The molecule has 1 fully saturated rings. The van der Waals surface area contributed by atoms with Gasteiger partial charge in [-0.2, -0.15) is 24.3 Å². The van der Waals surface area contributed by atoms with Crippen molar-refractivity contribution in [3.05, 3.63) is 35.4 Å². The first-order valence-corrected chi connectivity index (χ1v) is 5.92. The molecule has 2 heterocycles. The Morgan fingerprint density at radius 2 is 2.06 bits per heavy atom. The van der Waals surface area contributed by atoms with Gasteiger partial charge in [0, 0.05) is 32.7 Å². The van der Waals surface area contributed by atoms with Crippen LogP contribution in [-0.4, -0.2) is 23.6 Å². The number of benzene rings is 1. The molecular weight excluding hydrogens is 271 g/mol. The molecule has 1 nitrogen and oxygen atoms in total. The standard InChI is InChI=1S/C14H19N.Y/c1-11-14(2,3)13-7-5-4-6-12(13)10-15(11)8-9-15;/h4-5,7,11H,8-10H2,1-3H3;. The van der Waals surface area contributed by atoms with Crippen LogP contribution in [0.15, 0.2) is 18.2 Å². The fourth-order valence-corrected chi connectivity index (χ4v) is 3.24. The summed E-state index contributed by atoms with van der Waals surface area (Å²) in [4.78, 5) is 0. The second kappa shape index (κ2) is 3.90. The Labute approximate surface area is 124 Å². The van der Waals surface area contributed by atoms with Gasteiger partial charge in [-0.3, -0.25) is 0 Å². The zero-order chi connectivity index (χ0) is 10.7. The van der Waals surface area contributed by atoms with Crippen molar-refractivity contribution in [2.45, 2.75) is 38.8 Å². The Morgan fingerprint density at radius 3 is 2.69 bits per heavy atom. The van der Waals surface area contributed by atoms with E-state index in [1.54, 1.807) is 0 Å². The minimum absolute atomic E-state index is 0. The van der Waals surface area contributed by atoms with Gasteiger partial charge in [0.1, 0.15) is 13.1 Å². The predicted molar refractivity (Wildman–Crippen MR) is 61.5 cm³/mol. The quantitative estimate of drug-likeness (QED) is 0.391. The minimum Gasteiger partial charge on any atom is -0.310 e. The summed E-state index contributed by atoms with van der Waals surface area (Å²) in [5.74, 6) is 0. The molecule has 1 spiro atoms. The van der Waals surface area contributed by atoms with Gasteiger partial charge in [-0.25, -0.2) is 0 Å². The first-order valence-electron chi connectivity index (χ1n) is 5.92. The average molecular weight is 290 g/mol. The molecule has 0 amide bonds. The molecule has 16 heavy (non-hydrogen) atoms. The fourth-order valence-electron chi connectivity index (χ4n) is 3.24. The molecule has 83 valence electrons. The SMILES string of the molecule is CC1C(C)(C)c2ccc[c-]c2C[N+]12CC2.[Y]. The largest absolute Gasteiger partial charge is 0.310 e. The van der Waals surface area contributed by atoms with E-state index in [9.17, 15) is 0 Å². The summed E-state index contributed by atoms with van der Waals surface area (Å²) in [5, 5.41) is 0. The van der Waals surface area contributed by atoms with E-state index in [-0.39, 0.29) is 32.7 Å². The summed E-state index contributed by atoms with van der Waals surface area (Å²) in [6.45, 7) is 11.1. The maximum Gasteiger partial charge on any atom is 0.129 e. The van der Waals surface area contributed by atoms with Crippen LogP contribution in [0.25, 0.3) is 0 Å². The second-order valence-corrected chi connectivity index (χ2v) is 5.78. The Morgan fingerprint density at radius 1 is 1.38 bits per heavy atom. The van der Waals surface area contributed by atoms with Gasteiger partial charge in [-0.05, 0) is 12.3 Å². The van der Waals surface area contributed by atoms with Crippen molar-refractivity contribution in [2.24, 2.45) is 0 Å². The molecule has 1 unspecified atom stereocenters. The van der Waals surface area contributed by atoms with E-state index in [1.165, 1.54) is 35.2 Å². The van der Waals surface area contributed by atoms with Crippen LogP contribution in [0.1, 0.15) is 31.9 Å². The van der Waals surface area contributed by atoms with Crippen LogP contribution in [0.2, 0.25) is 0 Å². The van der Waals surface area contributed by atoms with Crippen LogP contribution < -0.4 is 0 Å². The molecule has 0 bridgehead atoms. The van der Waals surface area contributed by atoms with E-state index in [1.807, 2.05) is 0 Å². The molecule has 0 N–H and O–H groups in total. The summed E-state index contributed by atoms with van der Waals surface area (Å²) in [6.07, 6.45) is 0. The van der Waals surface area contributed by atoms with Crippen LogP contribution in [0.4, 0.5) is 0 Å². The monoisotopic (exact) mass is 290 g/mol. The molecule has 1 aromatic rings. The summed E-state index contributed by atoms with van der Waals surface area (Å²) < 4.78 is 1.31. The van der Waals surface area contributed by atoms with Gasteiger partial charge in [0.05, 0.1) is 12.6 Å². The molecule has 0 aromatic heterocycles. The predicted octanol–water partition coefficient (Wildman–Crippen LogP) is 2.49. The van der Waals surface area contributed by atoms with Gasteiger partial charge >= 0.3 is 0 Å². The molecule has 1 saturated heterocycles. The maximum absolute atomic E-state index is 3.45. The van der Waals surface area contributed by atoms with Crippen molar-refractivity contribution in [3.63, 3.8) is 0 Å². The van der Waals surface area contributed by atoms with Crippen molar-refractivity contribution in [1.82, 2.24) is 0 Å². The molecule has 2 aliphatic heterocycles. The fraction of sp³-hybridized carbons (Fsp3) is 0.571. The van der Waals surface area contributed by atoms with E-state index < -0.39 is 0 Å². The normalized spacial score (nSPS) is 28.1. The third-order valence-electron chi connectivity index (χ3n) is 4.77. The van der Waals surface area contributed by atoms with Crippen molar-refractivity contribution >= 4 is 0 Å². The van der Waals surface area contributed by atoms with E-state index in [0.717, 1.165) is 6.04 Å². The van der Waals surface area contributed by atoms with Crippen molar-refractivity contribution < 1.29 is 37.2 Å². The molecule has 3 rings (SSSR count). The van der Waals surface area contributed by atoms with Gasteiger partial charge < -0.3 is 4.48 Å². The zero-order valence-electron chi connectivity index (χ0n) is 10.5. The number of hydrogen-bond donors (Lipinski definition) is 0. The van der Waals surface area contributed by atoms with E-state index in [0.29, 0.717) is 5.41 Å². The van der Waals surface area contributed by atoms with E-state index in [2.05, 4.69) is 45.0 Å². The van der Waals surface area contributed by atoms with Crippen LogP contribution in [-0.2, 0) is 44.7 Å². The number of hydrogen-bond acceptors (Lipinski definition) is 0. The smallest absolute Gasteiger partial charge is 0.129 e. The molecule has 1 atom stereocenters. The topological polar surface area (TPSA) is 0 Å². The molecule has 1 radical (unpaired) electrons. The Balaban J connectivity index is 0.000000963. The summed E-state index contributed by atoms with van der Waals surface area (Å²) >= 11 is 0. The number of nitrogens with zero attached hydrogens (tertiary/aromatic N) is 1. The van der Waals surface area contributed by atoms with E-state index >= 15 is 0 Å². The van der Waals surface area contributed by atoms with Crippen LogP contribution >= 0.6 is 0 Å². The van der Waals surface area contributed by atoms with Crippen molar-refractivity contribution in [3.8, 4) is 0 Å². The number of fused-ring (bicyclic) bond motifs is 1. The molecule has 2 heteroatoms. The third kappa shape index (κ3) is 1.63. The van der Waals surface area contributed by atoms with Crippen LogP contribution in [0.5, 0.6) is 0 Å². The first kappa shape index (κ1) is 12.7. The maximum atomic E-state index is 3.45. The van der Waals surface area contributed by atoms with Gasteiger partial charge in [0.15, 0.2) is 0 Å². The minimum atomic E-state index is 0. The van der Waals surface area contributed by atoms with Crippen LogP contribution in [0, 0.1) is 6.07 Å². The molecule has 2 aliphatic rings. The zero-order valence-corrected chi connectivity index (χ0v) is 13.3. The van der Waals surface area contributed by atoms with Gasteiger partial charge in [-0.15, -0.1) is 11.1 Å². The van der Waals surface area contributed by atoms with Crippen LogP contribution in [0.3, 0.4) is 0 Å². The summed E-state index contributed by atoms with van der Waals surface area (Å²) in [6, 6.07) is 10.7. The van der Waals surface area contributed by atoms with Gasteiger partial charge in [-0.1, -0.05) is 13.8 Å². The van der Waals surface area contributed by atoms with Crippen molar-refractivity contribution in [1.29, 1.82) is 0 Å². The molecular formula is C14H19NY. The number of rotatable bonds is 0. The Kier molecular flexibility index (Phi) is 3.10. The van der Waals surface area contributed by atoms with Gasteiger partial charge in [0.2, 0.25) is 0 Å².